The molecule has 1 fully saturated rings. The summed E-state index contributed by atoms with van der Waals surface area (Å²) in [6, 6.07) is 0. The zero-order chi connectivity index (χ0) is 20.3. The molecule has 0 bridgehead atoms. The largest absolute Gasteiger partial charge is 0.481 e. The van der Waals surface area contributed by atoms with Crippen LogP contribution in [0.5, 0.6) is 0 Å². The second kappa shape index (κ2) is 12.3. The van der Waals surface area contributed by atoms with Crippen LogP contribution in [0.3, 0.4) is 0 Å². The van der Waals surface area contributed by atoms with Gasteiger partial charge < -0.3 is 10.2 Å². The van der Waals surface area contributed by atoms with Crippen LogP contribution in [-0.4, -0.2) is 38.9 Å². The molecule has 6 nitrogen and oxygen atoms in total. The third kappa shape index (κ3) is 8.54. The third-order valence-corrected chi connectivity index (χ3v) is 5.54. The van der Waals surface area contributed by atoms with Gasteiger partial charge in [0.15, 0.2) is 0 Å². The first-order valence-corrected chi connectivity index (χ1v) is 10.3. The fraction of sp³-hybridized carbons (Fsp3) is 0.810. The molecule has 1 aliphatic rings. The lowest BCUT2D eigenvalue weighted by atomic mass is 9.87. The van der Waals surface area contributed by atoms with Crippen molar-refractivity contribution in [2.24, 2.45) is 11.8 Å². The molecular formula is C21H36O6. The SMILES string of the molecule is CCCCCC(C)(C=C[C@H]1[C@H](O)CC(=O)[C@@H]1CCCCCCC(=O)O)OO. The van der Waals surface area contributed by atoms with Gasteiger partial charge in [0.05, 0.1) is 6.10 Å². The van der Waals surface area contributed by atoms with Gasteiger partial charge in [-0.25, -0.2) is 4.89 Å². The number of rotatable bonds is 14. The molecule has 1 rings (SSSR count). The van der Waals surface area contributed by atoms with Crippen molar-refractivity contribution in [3.8, 4) is 0 Å². The number of hydrogen-bond donors (Lipinski definition) is 3. The molecule has 0 heterocycles. The van der Waals surface area contributed by atoms with Crippen molar-refractivity contribution in [1.29, 1.82) is 0 Å². The topological polar surface area (TPSA) is 104 Å². The van der Waals surface area contributed by atoms with Gasteiger partial charge >= 0.3 is 5.97 Å². The van der Waals surface area contributed by atoms with Gasteiger partial charge in [-0.2, -0.15) is 0 Å². The van der Waals surface area contributed by atoms with Crippen LogP contribution in [0.2, 0.25) is 0 Å². The van der Waals surface area contributed by atoms with Gasteiger partial charge in [0.25, 0.3) is 0 Å². The Balaban J connectivity index is 2.56. The highest BCUT2D eigenvalue weighted by Crippen LogP contribution is 2.35. The molecule has 0 radical (unpaired) electrons. The first-order valence-electron chi connectivity index (χ1n) is 10.3. The number of Topliss-reactive ketones (excluding diaryl/α,β-unsaturated/α-hetero) is 1. The first kappa shape index (κ1) is 23.8. The molecule has 0 aliphatic heterocycles. The second-order valence-electron chi connectivity index (χ2n) is 7.99. The summed E-state index contributed by atoms with van der Waals surface area (Å²) in [4.78, 5) is 27.5. The van der Waals surface area contributed by atoms with E-state index in [1.54, 1.807) is 13.0 Å². The molecule has 6 heteroatoms. The quantitative estimate of drug-likeness (QED) is 0.178. The van der Waals surface area contributed by atoms with E-state index in [9.17, 15) is 20.0 Å². The molecule has 27 heavy (non-hydrogen) atoms. The Morgan fingerprint density at radius 2 is 1.93 bits per heavy atom. The monoisotopic (exact) mass is 384 g/mol. The molecule has 3 N–H and O–H groups in total. The van der Waals surface area contributed by atoms with Crippen molar-refractivity contribution in [1.82, 2.24) is 0 Å². The maximum absolute atomic E-state index is 12.3. The minimum absolute atomic E-state index is 0.0836. The van der Waals surface area contributed by atoms with Gasteiger partial charge in [-0.05, 0) is 26.2 Å². The minimum atomic E-state index is -0.804. The highest BCUT2D eigenvalue weighted by atomic mass is 17.1. The van der Waals surface area contributed by atoms with Crippen molar-refractivity contribution >= 4 is 11.8 Å². The number of carbonyl (C=O) groups excluding carboxylic acids is 1. The van der Waals surface area contributed by atoms with Crippen LogP contribution < -0.4 is 0 Å². The van der Waals surface area contributed by atoms with Gasteiger partial charge in [-0.1, -0.05) is 57.6 Å². The summed E-state index contributed by atoms with van der Waals surface area (Å²) in [6.45, 7) is 3.92. The van der Waals surface area contributed by atoms with Crippen molar-refractivity contribution in [2.75, 3.05) is 0 Å². The van der Waals surface area contributed by atoms with E-state index in [0.29, 0.717) is 19.3 Å². The van der Waals surface area contributed by atoms with Gasteiger partial charge in [0.2, 0.25) is 0 Å². The third-order valence-electron chi connectivity index (χ3n) is 5.54. The predicted molar refractivity (Wildman–Crippen MR) is 103 cm³/mol. The summed E-state index contributed by atoms with van der Waals surface area (Å²) in [5, 5.41) is 28.2. The van der Waals surface area contributed by atoms with Crippen LogP contribution in [0.15, 0.2) is 12.2 Å². The van der Waals surface area contributed by atoms with E-state index in [4.69, 9.17) is 5.11 Å². The van der Waals surface area contributed by atoms with Gasteiger partial charge in [0.1, 0.15) is 11.4 Å². The van der Waals surface area contributed by atoms with Crippen LogP contribution in [0.25, 0.3) is 0 Å². The summed E-state index contributed by atoms with van der Waals surface area (Å²) in [5.41, 5.74) is -0.804. The van der Waals surface area contributed by atoms with Crippen LogP contribution in [-0.2, 0) is 14.5 Å². The number of ketones is 1. The second-order valence-corrected chi connectivity index (χ2v) is 7.99. The Hall–Kier alpha value is -1.24. The molecule has 0 saturated heterocycles. The summed E-state index contributed by atoms with van der Waals surface area (Å²) in [5.74, 6) is -1.16. The molecule has 156 valence electrons. The molecule has 0 spiro atoms. The number of aliphatic hydroxyl groups is 1. The number of hydrogen-bond acceptors (Lipinski definition) is 5. The van der Waals surface area contributed by atoms with Crippen LogP contribution in [0.4, 0.5) is 0 Å². The van der Waals surface area contributed by atoms with E-state index in [2.05, 4.69) is 11.8 Å². The van der Waals surface area contributed by atoms with E-state index >= 15 is 0 Å². The van der Waals surface area contributed by atoms with Gasteiger partial charge in [-0.3, -0.25) is 14.8 Å². The van der Waals surface area contributed by atoms with Crippen LogP contribution in [0, 0.1) is 11.8 Å². The Labute approximate surface area is 162 Å². The normalized spacial score (nSPS) is 25.2. The van der Waals surface area contributed by atoms with E-state index in [0.717, 1.165) is 38.5 Å². The van der Waals surface area contributed by atoms with E-state index in [1.165, 1.54) is 0 Å². The number of carbonyl (C=O) groups is 2. The van der Waals surface area contributed by atoms with E-state index < -0.39 is 17.7 Å². The highest BCUT2D eigenvalue weighted by Gasteiger charge is 2.39. The fourth-order valence-electron chi connectivity index (χ4n) is 3.79. The molecule has 0 aromatic heterocycles. The van der Waals surface area contributed by atoms with Crippen molar-refractivity contribution in [2.45, 2.75) is 96.2 Å². The van der Waals surface area contributed by atoms with Crippen molar-refractivity contribution in [3.05, 3.63) is 12.2 Å². The van der Waals surface area contributed by atoms with Gasteiger partial charge in [0, 0.05) is 24.7 Å². The smallest absolute Gasteiger partial charge is 0.303 e. The highest BCUT2D eigenvalue weighted by molar-refractivity contribution is 5.84. The Kier molecular flexibility index (Phi) is 10.8. The van der Waals surface area contributed by atoms with Crippen LogP contribution >= 0.6 is 0 Å². The van der Waals surface area contributed by atoms with E-state index in [-0.39, 0.29) is 30.5 Å². The molecular weight excluding hydrogens is 348 g/mol. The molecule has 0 aromatic rings. The molecule has 1 saturated carbocycles. The summed E-state index contributed by atoms with van der Waals surface area (Å²) < 4.78 is 0. The molecule has 4 atom stereocenters. The Morgan fingerprint density at radius 3 is 2.56 bits per heavy atom. The lowest BCUT2D eigenvalue weighted by molar-refractivity contribution is -0.304. The summed E-state index contributed by atoms with van der Waals surface area (Å²) in [7, 11) is 0. The first-order chi connectivity index (χ1) is 12.8. The summed E-state index contributed by atoms with van der Waals surface area (Å²) >= 11 is 0. The average molecular weight is 385 g/mol. The summed E-state index contributed by atoms with van der Waals surface area (Å²) in [6.07, 6.45) is 11.0. The number of aliphatic hydroxyl groups excluding tert-OH is 1. The van der Waals surface area contributed by atoms with Gasteiger partial charge in [-0.15, -0.1) is 0 Å². The number of unbranched alkanes of at least 4 members (excludes halogenated alkanes) is 5. The van der Waals surface area contributed by atoms with E-state index in [1.807, 2.05) is 6.08 Å². The van der Waals surface area contributed by atoms with Crippen molar-refractivity contribution < 1.29 is 29.9 Å². The lowest BCUT2D eigenvalue weighted by Crippen LogP contribution is -2.26. The zero-order valence-corrected chi connectivity index (χ0v) is 16.7. The fourth-order valence-corrected chi connectivity index (χ4v) is 3.79. The lowest BCUT2D eigenvalue weighted by Gasteiger charge is -2.24. The Bertz CT molecular complexity index is 489. The molecule has 0 amide bonds. The maximum Gasteiger partial charge on any atom is 0.303 e. The number of carboxylic acids is 1. The van der Waals surface area contributed by atoms with Crippen molar-refractivity contribution in [3.63, 3.8) is 0 Å². The molecule has 1 unspecified atom stereocenters. The molecule has 1 aliphatic carbocycles. The molecule has 0 aromatic carbocycles. The maximum atomic E-state index is 12.3. The Morgan fingerprint density at radius 1 is 1.22 bits per heavy atom. The predicted octanol–water partition coefficient (Wildman–Crippen LogP) is 4.36. The minimum Gasteiger partial charge on any atom is -0.481 e. The zero-order valence-electron chi connectivity index (χ0n) is 16.7. The number of aliphatic carboxylic acids is 1. The average Bonchev–Trinajstić information content (AvgIpc) is 2.89. The standard InChI is InChI=1S/C21H36O6/c1-3-4-9-13-21(2,27-26)14-12-17-16(18(22)15-19(17)23)10-7-5-6-8-11-20(24)25/h12,14,16-17,19,23,26H,3-11,13,15H2,1-2H3,(H,24,25)/t16-,17-,19-,21?/m1/s1. The van der Waals surface area contributed by atoms with Crippen LogP contribution in [0.1, 0.15) is 84.5 Å². The number of carboxylic acid groups (broad SMARTS) is 1.